The SMILES string of the molecule is CCC(CC(CC(C)N1CCCC1=O)N1CCC(=C(C(=O)O)c2cccc(C(=O)c3ccc(Br)cc3)c2N)C1=O)N1CCCC1=O. The molecule has 3 heterocycles. The molecule has 5 rings (SSSR count). The van der Waals surface area contributed by atoms with Gasteiger partial charge in [0, 0.05) is 77.3 Å². The van der Waals surface area contributed by atoms with E-state index in [1.165, 1.54) is 6.07 Å². The number of hydrogen-bond acceptors (Lipinski definition) is 6. The fraction of sp³-hybridized carbons (Fsp3) is 0.457. The number of carboxylic acids is 1. The van der Waals surface area contributed by atoms with Crippen LogP contribution >= 0.6 is 15.9 Å². The number of para-hydroxylation sites is 1. The number of nitrogen functional groups attached to an aromatic ring is 1. The van der Waals surface area contributed by atoms with Crippen molar-refractivity contribution >= 4 is 56.7 Å². The summed E-state index contributed by atoms with van der Waals surface area (Å²) < 4.78 is 0.810. The molecule has 46 heavy (non-hydrogen) atoms. The molecule has 3 saturated heterocycles. The van der Waals surface area contributed by atoms with Crippen LogP contribution in [0.25, 0.3) is 5.57 Å². The highest BCUT2D eigenvalue weighted by Gasteiger charge is 2.40. The van der Waals surface area contributed by atoms with E-state index in [0.29, 0.717) is 50.9 Å². The maximum absolute atomic E-state index is 14.2. The number of hydrogen-bond donors (Lipinski definition) is 2. The molecule has 3 unspecified atom stereocenters. The van der Waals surface area contributed by atoms with E-state index in [1.54, 1.807) is 41.3 Å². The van der Waals surface area contributed by atoms with Gasteiger partial charge in [-0.05, 0) is 75.8 Å². The number of aliphatic carboxylic acids is 1. The van der Waals surface area contributed by atoms with Gasteiger partial charge < -0.3 is 25.5 Å². The maximum atomic E-state index is 14.2. The molecule has 2 aromatic rings. The van der Waals surface area contributed by atoms with Crippen LogP contribution in [0.4, 0.5) is 5.69 Å². The molecule has 0 bridgehead atoms. The fourth-order valence-electron chi connectivity index (χ4n) is 7.23. The number of likely N-dealkylation sites (tertiary alicyclic amines) is 3. The summed E-state index contributed by atoms with van der Waals surface area (Å²) in [6, 6.07) is 10.9. The average molecular weight is 694 g/mol. The molecule has 3 aliphatic heterocycles. The Balaban J connectivity index is 1.48. The lowest BCUT2D eigenvalue weighted by Gasteiger charge is -2.37. The number of carbonyl (C=O) groups is 5. The van der Waals surface area contributed by atoms with Crippen molar-refractivity contribution in [1.82, 2.24) is 14.7 Å². The molecule has 3 fully saturated rings. The predicted octanol–water partition coefficient (Wildman–Crippen LogP) is 4.89. The lowest BCUT2D eigenvalue weighted by molar-refractivity contribution is -0.133. The minimum Gasteiger partial charge on any atom is -0.478 e. The Hall–Kier alpha value is -3.99. The molecule has 3 amide bonds. The van der Waals surface area contributed by atoms with E-state index in [4.69, 9.17) is 5.73 Å². The number of carboxylic acid groups (broad SMARTS) is 1. The molecule has 0 saturated carbocycles. The first-order chi connectivity index (χ1) is 22.0. The predicted molar refractivity (Wildman–Crippen MR) is 178 cm³/mol. The zero-order valence-electron chi connectivity index (χ0n) is 26.3. The first kappa shape index (κ1) is 33.4. The summed E-state index contributed by atoms with van der Waals surface area (Å²) in [5.74, 6) is -1.83. The Bertz CT molecular complexity index is 1570. The number of nitrogens with zero attached hydrogens (tertiary/aromatic N) is 3. The molecule has 0 aliphatic carbocycles. The maximum Gasteiger partial charge on any atom is 0.336 e. The second-order valence-electron chi connectivity index (χ2n) is 12.4. The molecule has 3 N–H and O–H groups in total. The number of anilines is 1. The van der Waals surface area contributed by atoms with Gasteiger partial charge in [0.15, 0.2) is 5.78 Å². The zero-order valence-corrected chi connectivity index (χ0v) is 27.9. The van der Waals surface area contributed by atoms with E-state index in [1.807, 2.05) is 23.6 Å². The van der Waals surface area contributed by atoms with E-state index < -0.39 is 11.9 Å². The highest BCUT2D eigenvalue weighted by atomic mass is 79.9. The highest BCUT2D eigenvalue weighted by molar-refractivity contribution is 9.10. The number of nitrogens with two attached hydrogens (primary N) is 1. The third kappa shape index (κ3) is 6.74. The Labute approximate surface area is 277 Å². The van der Waals surface area contributed by atoms with Gasteiger partial charge in [0.05, 0.1) is 11.3 Å². The Morgan fingerprint density at radius 2 is 1.48 bits per heavy atom. The van der Waals surface area contributed by atoms with Crippen molar-refractivity contribution in [2.75, 3.05) is 25.4 Å². The summed E-state index contributed by atoms with van der Waals surface area (Å²) >= 11 is 3.36. The quantitative estimate of drug-likeness (QED) is 0.183. The number of benzene rings is 2. The van der Waals surface area contributed by atoms with Gasteiger partial charge in [-0.2, -0.15) is 0 Å². The van der Waals surface area contributed by atoms with Gasteiger partial charge in [0.2, 0.25) is 11.8 Å². The van der Waals surface area contributed by atoms with Crippen molar-refractivity contribution in [3.63, 3.8) is 0 Å². The molecular weight excluding hydrogens is 652 g/mol. The smallest absolute Gasteiger partial charge is 0.336 e. The Morgan fingerprint density at radius 1 is 0.848 bits per heavy atom. The molecule has 2 aromatic carbocycles. The second kappa shape index (κ2) is 14.2. The minimum absolute atomic E-state index is 0.00267. The number of rotatable bonds is 12. The van der Waals surface area contributed by atoms with Gasteiger partial charge in [-0.15, -0.1) is 0 Å². The topological polar surface area (TPSA) is 141 Å². The van der Waals surface area contributed by atoms with Gasteiger partial charge in [-0.1, -0.05) is 35.0 Å². The van der Waals surface area contributed by atoms with Crippen molar-refractivity contribution in [3.8, 4) is 0 Å². The van der Waals surface area contributed by atoms with Crippen molar-refractivity contribution in [1.29, 1.82) is 0 Å². The van der Waals surface area contributed by atoms with Crippen LogP contribution in [-0.2, 0) is 19.2 Å². The highest BCUT2D eigenvalue weighted by Crippen LogP contribution is 2.36. The summed E-state index contributed by atoms with van der Waals surface area (Å²) in [6.45, 7) is 5.68. The van der Waals surface area contributed by atoms with Crippen LogP contribution in [0.3, 0.4) is 0 Å². The largest absolute Gasteiger partial charge is 0.478 e. The first-order valence-electron chi connectivity index (χ1n) is 16.1. The standard InChI is InChI=1S/C35H41BrN4O6/c1-3-24(39-17-6-10-30(39)42)20-25(19-21(2)38-16-5-9-29(38)41)40-18-15-27(34(40)44)31(35(45)46)26-7-4-8-28(32(26)37)33(43)22-11-13-23(36)14-12-22/h4,7-8,11-14,21,24-25H,3,5-6,9-10,15-20,37H2,1-2H3,(H,45,46). The lowest BCUT2D eigenvalue weighted by Crippen LogP contribution is -2.47. The van der Waals surface area contributed by atoms with Crippen LogP contribution in [-0.4, -0.2) is 87.0 Å². The summed E-state index contributed by atoms with van der Waals surface area (Å²) in [6.07, 6.45) is 4.61. The second-order valence-corrected chi connectivity index (χ2v) is 13.3. The third-order valence-corrected chi connectivity index (χ3v) is 10.2. The first-order valence-corrected chi connectivity index (χ1v) is 16.9. The summed E-state index contributed by atoms with van der Waals surface area (Å²) in [7, 11) is 0. The van der Waals surface area contributed by atoms with Crippen LogP contribution in [0.5, 0.6) is 0 Å². The molecule has 3 atom stereocenters. The van der Waals surface area contributed by atoms with E-state index in [0.717, 1.165) is 23.7 Å². The van der Waals surface area contributed by atoms with Gasteiger partial charge in [0.25, 0.3) is 5.91 Å². The van der Waals surface area contributed by atoms with E-state index in [9.17, 15) is 29.1 Å². The van der Waals surface area contributed by atoms with E-state index in [-0.39, 0.29) is 70.1 Å². The normalized spacial score (nSPS) is 20.0. The molecule has 0 aromatic heterocycles. The number of ketones is 1. The van der Waals surface area contributed by atoms with Crippen molar-refractivity contribution in [3.05, 3.63) is 69.2 Å². The number of carbonyl (C=O) groups excluding carboxylic acids is 4. The number of halogens is 1. The molecule has 0 radical (unpaired) electrons. The van der Waals surface area contributed by atoms with Crippen LogP contribution in [0.1, 0.15) is 86.7 Å². The van der Waals surface area contributed by atoms with Gasteiger partial charge >= 0.3 is 5.97 Å². The van der Waals surface area contributed by atoms with Gasteiger partial charge in [0.1, 0.15) is 0 Å². The molecule has 244 valence electrons. The monoisotopic (exact) mass is 692 g/mol. The van der Waals surface area contributed by atoms with Gasteiger partial charge in [-0.3, -0.25) is 19.2 Å². The van der Waals surface area contributed by atoms with Crippen molar-refractivity contribution in [2.24, 2.45) is 0 Å². The summed E-state index contributed by atoms with van der Waals surface area (Å²) in [5, 5.41) is 10.4. The van der Waals surface area contributed by atoms with E-state index in [2.05, 4.69) is 15.9 Å². The number of amides is 3. The molecule has 3 aliphatic rings. The average Bonchev–Trinajstić information content (AvgIpc) is 3.76. The summed E-state index contributed by atoms with van der Waals surface area (Å²) in [5.41, 5.74) is 7.09. The minimum atomic E-state index is -1.30. The van der Waals surface area contributed by atoms with Crippen LogP contribution in [0.15, 0.2) is 52.5 Å². The van der Waals surface area contributed by atoms with Crippen molar-refractivity contribution in [2.45, 2.75) is 83.3 Å². The summed E-state index contributed by atoms with van der Waals surface area (Å²) in [4.78, 5) is 71.1. The zero-order chi connectivity index (χ0) is 33.1. The fourth-order valence-corrected chi connectivity index (χ4v) is 7.49. The van der Waals surface area contributed by atoms with Crippen LogP contribution < -0.4 is 5.73 Å². The lowest BCUT2D eigenvalue weighted by atomic mass is 9.92. The Kier molecular flexibility index (Phi) is 10.3. The van der Waals surface area contributed by atoms with Crippen LogP contribution in [0, 0.1) is 0 Å². The van der Waals surface area contributed by atoms with E-state index >= 15 is 0 Å². The molecule has 11 heteroatoms. The molecule has 10 nitrogen and oxygen atoms in total. The third-order valence-electron chi connectivity index (χ3n) is 9.63. The molecule has 0 spiro atoms. The van der Waals surface area contributed by atoms with Crippen LogP contribution in [0.2, 0.25) is 0 Å². The molecular formula is C35H41BrN4O6. The van der Waals surface area contributed by atoms with Crippen molar-refractivity contribution < 1.29 is 29.1 Å². The van der Waals surface area contributed by atoms with Gasteiger partial charge in [-0.25, -0.2) is 4.79 Å². The Morgan fingerprint density at radius 3 is 2.07 bits per heavy atom.